The lowest BCUT2D eigenvalue weighted by molar-refractivity contribution is 0.0616. The van der Waals surface area contributed by atoms with Crippen molar-refractivity contribution in [3.05, 3.63) is 36.3 Å². The number of nitrogens with zero attached hydrogens (tertiary/aromatic N) is 5. The first-order valence-corrected chi connectivity index (χ1v) is 7.26. The lowest BCUT2D eigenvalue weighted by atomic mass is 9.92. The Hall–Kier alpha value is -2.24. The van der Waals surface area contributed by atoms with E-state index < -0.39 is 0 Å². The van der Waals surface area contributed by atoms with Gasteiger partial charge < -0.3 is 4.90 Å². The lowest BCUT2D eigenvalue weighted by Gasteiger charge is -2.34. The van der Waals surface area contributed by atoms with Gasteiger partial charge in [-0.3, -0.25) is 4.79 Å². The number of piperidine rings is 1. The maximum absolute atomic E-state index is 12.5. The van der Waals surface area contributed by atoms with Gasteiger partial charge in [0.05, 0.1) is 0 Å². The molecule has 1 amide bonds. The van der Waals surface area contributed by atoms with E-state index in [0.29, 0.717) is 23.3 Å². The molecule has 1 fully saturated rings. The fraction of sp³-hybridized carbons (Fsp3) is 0.467. The maximum Gasteiger partial charge on any atom is 0.274 e. The fourth-order valence-corrected chi connectivity index (χ4v) is 2.96. The van der Waals surface area contributed by atoms with Crippen LogP contribution in [0.15, 0.2) is 30.6 Å². The van der Waals surface area contributed by atoms with E-state index in [2.05, 4.69) is 29.1 Å². The molecule has 0 N–H and O–H groups in total. The van der Waals surface area contributed by atoms with Gasteiger partial charge >= 0.3 is 0 Å². The summed E-state index contributed by atoms with van der Waals surface area (Å²) in [6, 6.07) is 5.30. The van der Waals surface area contributed by atoms with Crippen molar-refractivity contribution in [2.75, 3.05) is 13.1 Å². The number of carbonyl (C=O) groups excluding carboxylic acids is 1. The first kappa shape index (κ1) is 13.7. The molecular weight excluding hydrogens is 266 g/mol. The molecule has 2 atom stereocenters. The van der Waals surface area contributed by atoms with Gasteiger partial charge in [-0.25, -0.2) is 4.68 Å². The molecular formula is C15H19N5O. The van der Waals surface area contributed by atoms with E-state index in [4.69, 9.17) is 0 Å². The molecule has 0 radical (unpaired) electrons. The van der Waals surface area contributed by atoms with Crippen molar-refractivity contribution >= 4 is 5.91 Å². The fourth-order valence-electron chi connectivity index (χ4n) is 2.96. The molecule has 2 unspecified atom stereocenters. The van der Waals surface area contributed by atoms with Gasteiger partial charge in [0.2, 0.25) is 0 Å². The molecule has 0 spiro atoms. The zero-order valence-corrected chi connectivity index (χ0v) is 12.3. The quantitative estimate of drug-likeness (QED) is 0.843. The Balaban J connectivity index is 1.76. The van der Waals surface area contributed by atoms with E-state index in [1.807, 2.05) is 11.0 Å². The molecule has 1 saturated heterocycles. The topological polar surface area (TPSA) is 63.9 Å². The number of hydrogen-bond acceptors (Lipinski definition) is 4. The summed E-state index contributed by atoms with van der Waals surface area (Å²) < 4.78 is 1.62. The summed E-state index contributed by atoms with van der Waals surface area (Å²) in [5, 5.41) is 12.2. The molecule has 1 aliphatic rings. The van der Waals surface area contributed by atoms with Gasteiger partial charge in [0.15, 0.2) is 11.5 Å². The summed E-state index contributed by atoms with van der Waals surface area (Å²) in [7, 11) is 0. The van der Waals surface area contributed by atoms with Crippen molar-refractivity contribution in [2.45, 2.75) is 20.3 Å². The zero-order chi connectivity index (χ0) is 14.8. The predicted molar refractivity (Wildman–Crippen MR) is 78.0 cm³/mol. The van der Waals surface area contributed by atoms with E-state index >= 15 is 0 Å². The number of aromatic nitrogens is 4. The van der Waals surface area contributed by atoms with Gasteiger partial charge in [-0.1, -0.05) is 13.8 Å². The number of carbonyl (C=O) groups is 1. The summed E-state index contributed by atoms with van der Waals surface area (Å²) in [5.41, 5.74) is 0.396. The minimum Gasteiger partial charge on any atom is -0.337 e. The molecule has 3 rings (SSSR count). The van der Waals surface area contributed by atoms with Crippen molar-refractivity contribution in [3.8, 4) is 5.82 Å². The molecule has 21 heavy (non-hydrogen) atoms. The van der Waals surface area contributed by atoms with Gasteiger partial charge in [0.1, 0.15) is 0 Å². The Bertz CT molecular complexity index is 598. The van der Waals surface area contributed by atoms with Crippen LogP contribution < -0.4 is 0 Å². The smallest absolute Gasteiger partial charge is 0.274 e. The van der Waals surface area contributed by atoms with Gasteiger partial charge in [-0.2, -0.15) is 5.10 Å². The van der Waals surface area contributed by atoms with E-state index in [1.165, 1.54) is 6.42 Å². The third kappa shape index (κ3) is 2.94. The third-order valence-corrected chi connectivity index (χ3v) is 3.76. The van der Waals surface area contributed by atoms with Crippen LogP contribution in [-0.2, 0) is 0 Å². The van der Waals surface area contributed by atoms with Crippen LogP contribution in [0.5, 0.6) is 0 Å². The Morgan fingerprint density at radius 3 is 2.52 bits per heavy atom. The van der Waals surface area contributed by atoms with E-state index in [-0.39, 0.29) is 5.91 Å². The average molecular weight is 285 g/mol. The Morgan fingerprint density at radius 1 is 1.19 bits per heavy atom. The monoisotopic (exact) mass is 285 g/mol. The van der Waals surface area contributed by atoms with Gasteiger partial charge in [0, 0.05) is 25.5 Å². The summed E-state index contributed by atoms with van der Waals surface area (Å²) in [6.45, 7) is 5.96. The van der Waals surface area contributed by atoms with Crippen molar-refractivity contribution in [1.29, 1.82) is 0 Å². The highest BCUT2D eigenvalue weighted by atomic mass is 16.2. The highest BCUT2D eigenvalue weighted by Crippen LogP contribution is 2.22. The average Bonchev–Trinajstić information content (AvgIpc) is 3.00. The van der Waals surface area contributed by atoms with Crippen LogP contribution >= 0.6 is 0 Å². The zero-order valence-electron chi connectivity index (χ0n) is 12.3. The van der Waals surface area contributed by atoms with Crippen LogP contribution in [-0.4, -0.2) is 43.9 Å². The van der Waals surface area contributed by atoms with E-state index in [9.17, 15) is 4.79 Å². The Morgan fingerprint density at radius 2 is 1.95 bits per heavy atom. The Labute approximate surface area is 123 Å². The summed E-state index contributed by atoms with van der Waals surface area (Å²) in [6.07, 6.45) is 4.64. The van der Waals surface area contributed by atoms with E-state index in [0.717, 1.165) is 13.1 Å². The van der Waals surface area contributed by atoms with Crippen LogP contribution in [0.1, 0.15) is 30.8 Å². The molecule has 0 bridgehead atoms. The van der Waals surface area contributed by atoms with Crippen molar-refractivity contribution in [1.82, 2.24) is 24.9 Å². The number of hydrogen-bond donors (Lipinski definition) is 0. The van der Waals surface area contributed by atoms with Crippen molar-refractivity contribution in [2.24, 2.45) is 11.8 Å². The normalized spacial score (nSPS) is 22.3. The second-order valence-corrected chi connectivity index (χ2v) is 5.88. The second-order valence-electron chi connectivity index (χ2n) is 5.88. The highest BCUT2D eigenvalue weighted by Gasteiger charge is 2.26. The molecule has 0 aliphatic carbocycles. The molecule has 6 nitrogen and oxygen atoms in total. The molecule has 0 aromatic carbocycles. The summed E-state index contributed by atoms with van der Waals surface area (Å²) in [4.78, 5) is 14.4. The maximum atomic E-state index is 12.5. The van der Waals surface area contributed by atoms with Crippen LogP contribution in [0.25, 0.3) is 5.82 Å². The standard InChI is InChI=1S/C15H19N5O/c1-11-8-12(2)10-19(9-11)15(21)13-4-5-14(18-17-13)20-7-3-6-16-20/h3-7,11-12H,8-10H2,1-2H3. The molecule has 6 heteroatoms. The molecule has 2 aromatic heterocycles. The minimum absolute atomic E-state index is 0.0343. The second kappa shape index (κ2) is 5.63. The largest absolute Gasteiger partial charge is 0.337 e. The molecule has 110 valence electrons. The first-order valence-electron chi connectivity index (χ1n) is 7.26. The Kier molecular flexibility index (Phi) is 3.68. The van der Waals surface area contributed by atoms with E-state index in [1.54, 1.807) is 29.2 Å². The van der Waals surface area contributed by atoms with Gasteiger partial charge in [-0.05, 0) is 36.5 Å². The molecule has 1 aliphatic heterocycles. The van der Waals surface area contributed by atoms with Crippen molar-refractivity contribution < 1.29 is 4.79 Å². The highest BCUT2D eigenvalue weighted by molar-refractivity contribution is 5.92. The van der Waals surface area contributed by atoms with Crippen molar-refractivity contribution in [3.63, 3.8) is 0 Å². The first-order chi connectivity index (χ1) is 10.1. The number of rotatable bonds is 2. The van der Waals surface area contributed by atoms with Gasteiger partial charge in [-0.15, -0.1) is 10.2 Å². The van der Waals surface area contributed by atoms with Crippen LogP contribution in [0.4, 0.5) is 0 Å². The van der Waals surface area contributed by atoms with Crippen LogP contribution in [0.3, 0.4) is 0 Å². The molecule has 2 aromatic rings. The SMILES string of the molecule is CC1CC(C)CN(C(=O)c2ccc(-n3cccn3)nn2)C1. The number of amides is 1. The lowest BCUT2D eigenvalue weighted by Crippen LogP contribution is -2.42. The summed E-state index contributed by atoms with van der Waals surface area (Å²) in [5.74, 6) is 1.65. The van der Waals surface area contributed by atoms with Gasteiger partial charge in [0.25, 0.3) is 5.91 Å². The third-order valence-electron chi connectivity index (χ3n) is 3.76. The molecule has 0 saturated carbocycles. The molecule has 3 heterocycles. The van der Waals surface area contributed by atoms with Crippen LogP contribution in [0.2, 0.25) is 0 Å². The van der Waals surface area contributed by atoms with Crippen LogP contribution in [0, 0.1) is 11.8 Å². The summed E-state index contributed by atoms with van der Waals surface area (Å²) >= 11 is 0. The minimum atomic E-state index is -0.0343. The predicted octanol–water partition coefficient (Wildman–Crippen LogP) is 1.78. The number of likely N-dealkylation sites (tertiary alicyclic amines) is 1.